The van der Waals surface area contributed by atoms with Gasteiger partial charge in [0.25, 0.3) is 5.91 Å². The number of aryl methyl sites for hydroxylation is 1. The van der Waals surface area contributed by atoms with Gasteiger partial charge >= 0.3 is 5.97 Å². The van der Waals surface area contributed by atoms with Crippen molar-refractivity contribution in [3.05, 3.63) is 22.5 Å². The quantitative estimate of drug-likeness (QED) is 0.690. The van der Waals surface area contributed by atoms with Crippen molar-refractivity contribution < 1.29 is 19.5 Å². The third kappa shape index (κ3) is 3.26. The van der Waals surface area contributed by atoms with Crippen LogP contribution < -0.4 is 5.32 Å². The molecular formula is C14H20N2O4. The molecule has 3 N–H and O–H groups in total. The zero-order valence-corrected chi connectivity index (χ0v) is 12.2. The van der Waals surface area contributed by atoms with Gasteiger partial charge in [0.05, 0.1) is 0 Å². The minimum absolute atomic E-state index is 0.104. The number of nitrogens with one attached hydrogen (secondary N) is 2. The van der Waals surface area contributed by atoms with Crippen LogP contribution in [0.15, 0.2) is 0 Å². The monoisotopic (exact) mass is 280 g/mol. The van der Waals surface area contributed by atoms with Crippen LogP contribution in [0.5, 0.6) is 0 Å². The number of aliphatic carboxylic acids is 1. The lowest BCUT2D eigenvalue weighted by molar-refractivity contribution is -0.138. The van der Waals surface area contributed by atoms with Crippen molar-refractivity contribution in [1.29, 1.82) is 0 Å². The molecule has 1 amide bonds. The highest BCUT2D eigenvalue weighted by Crippen LogP contribution is 2.21. The molecule has 1 rings (SSSR count). The Morgan fingerprint density at radius 3 is 2.40 bits per heavy atom. The van der Waals surface area contributed by atoms with Crippen LogP contribution in [0, 0.1) is 6.92 Å². The maximum atomic E-state index is 12.1. The van der Waals surface area contributed by atoms with Crippen LogP contribution in [0.4, 0.5) is 0 Å². The van der Waals surface area contributed by atoms with Gasteiger partial charge in [0, 0.05) is 11.3 Å². The van der Waals surface area contributed by atoms with E-state index in [2.05, 4.69) is 10.3 Å². The third-order valence-corrected chi connectivity index (χ3v) is 3.09. The van der Waals surface area contributed by atoms with E-state index in [0.29, 0.717) is 23.2 Å². The van der Waals surface area contributed by atoms with Crippen molar-refractivity contribution in [2.75, 3.05) is 0 Å². The molecule has 0 aliphatic carbocycles. The molecule has 1 heterocycles. The topological polar surface area (TPSA) is 99.3 Å². The molecule has 0 spiro atoms. The Bertz CT molecular complexity index is 546. The summed E-state index contributed by atoms with van der Waals surface area (Å²) in [7, 11) is 0. The number of carbonyl (C=O) groups is 3. The fourth-order valence-corrected chi connectivity index (χ4v) is 2.18. The number of carboxylic acid groups (broad SMARTS) is 1. The standard InChI is InChI=1S/C14H20N2O4/c1-5-6-10-11(9(4)17)7(2)15-12(10)13(18)16-8(3)14(19)20/h8,15H,5-6H2,1-4H3,(H,16,18)(H,19,20)/t8-/m0/s1. The first-order valence-corrected chi connectivity index (χ1v) is 6.55. The third-order valence-electron chi connectivity index (χ3n) is 3.09. The molecule has 0 aromatic carbocycles. The second kappa shape index (κ2) is 6.36. The fraction of sp³-hybridized carbons (Fsp3) is 0.500. The molecule has 0 fully saturated rings. The van der Waals surface area contributed by atoms with Crippen LogP contribution >= 0.6 is 0 Å². The molecule has 6 heteroatoms. The maximum Gasteiger partial charge on any atom is 0.325 e. The van der Waals surface area contributed by atoms with E-state index in [1.54, 1.807) is 6.92 Å². The lowest BCUT2D eigenvalue weighted by atomic mass is 10.0. The summed E-state index contributed by atoms with van der Waals surface area (Å²) >= 11 is 0. The van der Waals surface area contributed by atoms with Crippen molar-refractivity contribution in [2.24, 2.45) is 0 Å². The average molecular weight is 280 g/mol. The summed E-state index contributed by atoms with van der Waals surface area (Å²) in [6, 6.07) is -0.985. The Kier molecular flexibility index (Phi) is 5.07. The summed E-state index contributed by atoms with van der Waals surface area (Å²) < 4.78 is 0. The first-order chi connectivity index (χ1) is 9.29. The highest BCUT2D eigenvalue weighted by molar-refractivity contribution is 6.03. The second-order valence-corrected chi connectivity index (χ2v) is 4.82. The molecule has 0 aliphatic heterocycles. The van der Waals surface area contributed by atoms with E-state index >= 15 is 0 Å². The summed E-state index contributed by atoms with van der Waals surface area (Å²) in [6.45, 7) is 6.53. The Morgan fingerprint density at radius 2 is 1.95 bits per heavy atom. The van der Waals surface area contributed by atoms with Crippen LogP contribution in [-0.2, 0) is 11.2 Å². The zero-order valence-electron chi connectivity index (χ0n) is 12.2. The maximum absolute atomic E-state index is 12.1. The highest BCUT2D eigenvalue weighted by Gasteiger charge is 2.24. The Morgan fingerprint density at radius 1 is 1.35 bits per heavy atom. The van der Waals surface area contributed by atoms with E-state index in [1.807, 2.05) is 6.92 Å². The predicted octanol–water partition coefficient (Wildman–Crippen LogP) is 1.68. The smallest absolute Gasteiger partial charge is 0.325 e. The van der Waals surface area contributed by atoms with Crippen LogP contribution in [0.3, 0.4) is 0 Å². The number of Topliss-reactive ketones (excluding diaryl/α,β-unsaturated/α-hetero) is 1. The van der Waals surface area contributed by atoms with Gasteiger partial charge in [-0.2, -0.15) is 0 Å². The van der Waals surface area contributed by atoms with Crippen LogP contribution in [0.1, 0.15) is 59.3 Å². The average Bonchev–Trinajstić information content (AvgIpc) is 2.66. The molecule has 0 aliphatic rings. The SMILES string of the molecule is CCCc1c(C(=O)N[C@@H](C)C(=O)O)[nH]c(C)c1C(C)=O. The Labute approximate surface area is 117 Å². The molecule has 1 aromatic rings. The van der Waals surface area contributed by atoms with Crippen molar-refractivity contribution in [3.8, 4) is 0 Å². The number of hydrogen-bond acceptors (Lipinski definition) is 3. The van der Waals surface area contributed by atoms with Crippen molar-refractivity contribution in [3.63, 3.8) is 0 Å². The van der Waals surface area contributed by atoms with Crippen LogP contribution in [0.2, 0.25) is 0 Å². The molecule has 0 radical (unpaired) electrons. The van der Waals surface area contributed by atoms with Gasteiger partial charge in [-0.25, -0.2) is 0 Å². The van der Waals surface area contributed by atoms with E-state index in [-0.39, 0.29) is 11.5 Å². The number of H-pyrrole nitrogens is 1. The number of aromatic nitrogens is 1. The van der Waals surface area contributed by atoms with Gasteiger partial charge in [-0.3, -0.25) is 14.4 Å². The predicted molar refractivity (Wildman–Crippen MR) is 74.1 cm³/mol. The molecule has 0 saturated heterocycles. The van der Waals surface area contributed by atoms with Crippen LogP contribution in [0.25, 0.3) is 0 Å². The second-order valence-electron chi connectivity index (χ2n) is 4.82. The number of amides is 1. The van der Waals surface area contributed by atoms with Gasteiger partial charge in [-0.05, 0) is 32.8 Å². The van der Waals surface area contributed by atoms with E-state index in [0.717, 1.165) is 6.42 Å². The first kappa shape index (κ1) is 15.9. The lowest BCUT2D eigenvalue weighted by Gasteiger charge is -2.10. The number of carboxylic acids is 1. The van der Waals surface area contributed by atoms with E-state index in [1.165, 1.54) is 13.8 Å². The largest absolute Gasteiger partial charge is 0.480 e. The molecule has 0 bridgehead atoms. The number of aromatic amines is 1. The molecule has 1 atom stereocenters. The number of rotatable bonds is 6. The van der Waals surface area contributed by atoms with Gasteiger partial charge in [0.1, 0.15) is 11.7 Å². The summed E-state index contributed by atoms with van der Waals surface area (Å²) in [6.07, 6.45) is 1.37. The number of ketones is 1. The molecule has 0 unspecified atom stereocenters. The minimum Gasteiger partial charge on any atom is -0.480 e. The minimum atomic E-state index is -1.11. The van der Waals surface area contributed by atoms with Gasteiger partial charge < -0.3 is 15.4 Å². The van der Waals surface area contributed by atoms with E-state index in [9.17, 15) is 14.4 Å². The van der Waals surface area contributed by atoms with Gasteiger partial charge in [0.15, 0.2) is 5.78 Å². The summed E-state index contributed by atoms with van der Waals surface area (Å²) in [5, 5.41) is 11.2. The zero-order chi connectivity index (χ0) is 15.4. The Balaban J connectivity index is 3.17. The van der Waals surface area contributed by atoms with Gasteiger partial charge in [-0.15, -0.1) is 0 Å². The molecule has 6 nitrogen and oxygen atoms in total. The molecule has 0 saturated carbocycles. The summed E-state index contributed by atoms with van der Waals surface area (Å²) in [5.74, 6) is -1.71. The van der Waals surface area contributed by atoms with E-state index in [4.69, 9.17) is 5.11 Å². The van der Waals surface area contributed by atoms with E-state index < -0.39 is 17.9 Å². The summed E-state index contributed by atoms with van der Waals surface area (Å²) in [5.41, 5.74) is 2.10. The van der Waals surface area contributed by atoms with Crippen molar-refractivity contribution in [1.82, 2.24) is 10.3 Å². The first-order valence-electron chi connectivity index (χ1n) is 6.55. The normalized spacial score (nSPS) is 12.0. The van der Waals surface area contributed by atoms with Crippen LogP contribution in [-0.4, -0.2) is 33.8 Å². The van der Waals surface area contributed by atoms with Crippen molar-refractivity contribution in [2.45, 2.75) is 46.6 Å². The molecular weight excluding hydrogens is 260 g/mol. The molecule has 110 valence electrons. The molecule has 1 aromatic heterocycles. The Hall–Kier alpha value is -2.11. The molecule has 20 heavy (non-hydrogen) atoms. The lowest BCUT2D eigenvalue weighted by Crippen LogP contribution is -2.38. The summed E-state index contributed by atoms with van der Waals surface area (Å²) in [4.78, 5) is 37.5. The van der Waals surface area contributed by atoms with Gasteiger partial charge in [-0.1, -0.05) is 13.3 Å². The number of carbonyl (C=O) groups excluding carboxylic acids is 2. The highest BCUT2D eigenvalue weighted by atomic mass is 16.4. The number of hydrogen-bond donors (Lipinski definition) is 3. The van der Waals surface area contributed by atoms with Gasteiger partial charge in [0.2, 0.25) is 0 Å². The fourth-order valence-electron chi connectivity index (χ4n) is 2.18. The van der Waals surface area contributed by atoms with Crippen molar-refractivity contribution >= 4 is 17.7 Å².